The monoisotopic (exact) mass is 489 g/mol. The molecule has 2 aromatic carbocycles. The zero-order valence-corrected chi connectivity index (χ0v) is 21.5. The number of alkyl halides is 1. The van der Waals surface area contributed by atoms with E-state index in [0.29, 0.717) is 23.8 Å². The number of benzene rings is 2. The zero-order valence-electron chi connectivity index (χ0n) is 21.5. The number of carbonyl (C=O) groups is 1. The van der Waals surface area contributed by atoms with Crippen molar-refractivity contribution in [3.05, 3.63) is 75.9 Å². The van der Waals surface area contributed by atoms with E-state index < -0.39 is 5.97 Å². The molecule has 3 nitrogen and oxygen atoms in total. The summed E-state index contributed by atoms with van der Waals surface area (Å²) in [6, 6.07) is 15.0. The van der Waals surface area contributed by atoms with Crippen LogP contribution in [0.5, 0.6) is 0 Å². The molecule has 0 unspecified atom stereocenters. The molecule has 0 spiro atoms. The van der Waals surface area contributed by atoms with Gasteiger partial charge in [0.2, 0.25) is 0 Å². The van der Waals surface area contributed by atoms with Crippen LogP contribution in [0.2, 0.25) is 0 Å². The van der Waals surface area contributed by atoms with Crippen LogP contribution in [0.3, 0.4) is 0 Å². The van der Waals surface area contributed by atoms with Gasteiger partial charge in [0.1, 0.15) is 0 Å². The molecule has 2 aliphatic carbocycles. The van der Waals surface area contributed by atoms with E-state index in [1.54, 1.807) is 11.6 Å². The number of rotatable bonds is 8. The second-order valence-corrected chi connectivity index (χ2v) is 11.2. The number of carboxylic acids is 1. The average molecular weight is 490 g/mol. The third-order valence-electron chi connectivity index (χ3n) is 8.59. The maximum Gasteiger partial charge on any atom is 0.335 e. The Bertz CT molecular complexity index is 1080. The maximum absolute atomic E-state index is 12.4. The average Bonchev–Trinajstić information content (AvgIpc) is 3.24. The predicted octanol–water partition coefficient (Wildman–Crippen LogP) is 7.33. The fourth-order valence-electron chi connectivity index (χ4n) is 6.73. The molecule has 2 aromatic rings. The minimum Gasteiger partial charge on any atom is -0.478 e. The highest BCUT2D eigenvalue weighted by atomic mass is 19.1. The first-order chi connectivity index (χ1) is 17.6. The van der Waals surface area contributed by atoms with E-state index in [9.17, 15) is 14.3 Å². The molecule has 4 heteroatoms. The molecule has 36 heavy (non-hydrogen) atoms. The number of likely N-dealkylation sites (tertiary alicyclic amines) is 1. The zero-order chi connectivity index (χ0) is 24.9. The third-order valence-corrected chi connectivity index (χ3v) is 8.59. The van der Waals surface area contributed by atoms with E-state index in [0.717, 1.165) is 45.3 Å². The predicted molar refractivity (Wildman–Crippen MR) is 144 cm³/mol. The number of hydrogen-bond donors (Lipinski definition) is 1. The number of fused-ring (bicyclic) bond motifs is 1. The molecule has 192 valence electrons. The smallest absolute Gasteiger partial charge is 0.335 e. The number of nitrogens with zero attached hydrogens (tertiary/aromatic N) is 1. The first-order valence-electron chi connectivity index (χ1n) is 14.1. The van der Waals surface area contributed by atoms with Gasteiger partial charge in [-0.2, -0.15) is 0 Å². The lowest BCUT2D eigenvalue weighted by Crippen LogP contribution is -2.47. The van der Waals surface area contributed by atoms with Crippen LogP contribution < -0.4 is 0 Å². The van der Waals surface area contributed by atoms with Crippen molar-refractivity contribution in [1.82, 2.24) is 4.90 Å². The minimum atomic E-state index is -0.847. The summed E-state index contributed by atoms with van der Waals surface area (Å²) in [5, 5.41) is 9.58. The number of halogens is 1. The summed E-state index contributed by atoms with van der Waals surface area (Å²) in [5.74, 6) is 0.460. The summed E-state index contributed by atoms with van der Waals surface area (Å²) >= 11 is 0. The molecule has 2 fully saturated rings. The van der Waals surface area contributed by atoms with Crippen molar-refractivity contribution in [2.24, 2.45) is 11.8 Å². The van der Waals surface area contributed by atoms with Crippen molar-refractivity contribution >= 4 is 11.5 Å². The lowest BCUT2D eigenvalue weighted by Gasteiger charge is -2.39. The summed E-state index contributed by atoms with van der Waals surface area (Å²) in [5.41, 5.74) is 8.45. The molecule has 0 amide bonds. The summed E-state index contributed by atoms with van der Waals surface area (Å²) in [6.07, 6.45) is 12.7. The van der Waals surface area contributed by atoms with Crippen LogP contribution in [0.15, 0.2) is 48.0 Å². The van der Waals surface area contributed by atoms with Crippen molar-refractivity contribution in [3.8, 4) is 0 Å². The quantitative estimate of drug-likeness (QED) is 0.395. The van der Waals surface area contributed by atoms with Gasteiger partial charge >= 0.3 is 5.97 Å². The van der Waals surface area contributed by atoms with E-state index in [-0.39, 0.29) is 6.67 Å². The standard InChI is InChI=1S/C32H40FNO2/c33-17-6-18-34-21-24(22-34)19-23-11-13-26(14-12-23)31-29(25-7-3-1-2-4-8-25)10-5-9-27-20-28(32(35)36)15-16-30(27)31/h11-16,20,24-25H,1-10,17-19,21-22H2,(H,35,36). The molecule has 0 bridgehead atoms. The first kappa shape index (κ1) is 25.2. The Labute approximate surface area is 215 Å². The van der Waals surface area contributed by atoms with Crippen molar-refractivity contribution in [3.63, 3.8) is 0 Å². The van der Waals surface area contributed by atoms with E-state index in [2.05, 4.69) is 35.2 Å². The van der Waals surface area contributed by atoms with Gasteiger partial charge in [0.25, 0.3) is 0 Å². The van der Waals surface area contributed by atoms with E-state index in [1.165, 1.54) is 66.4 Å². The number of aromatic carboxylic acids is 1. The van der Waals surface area contributed by atoms with Gasteiger partial charge in [-0.1, -0.05) is 61.6 Å². The van der Waals surface area contributed by atoms with Gasteiger partial charge in [-0.15, -0.1) is 0 Å². The molecule has 3 aliphatic rings. The first-order valence-corrected chi connectivity index (χ1v) is 14.1. The lowest BCUT2D eigenvalue weighted by molar-refractivity contribution is 0.0696. The Kier molecular flexibility index (Phi) is 8.21. The molecular formula is C32H40FNO2. The Hall–Kier alpha value is -2.46. The lowest BCUT2D eigenvalue weighted by atomic mass is 9.81. The Morgan fingerprint density at radius 2 is 1.69 bits per heavy atom. The van der Waals surface area contributed by atoms with E-state index >= 15 is 0 Å². The minimum absolute atomic E-state index is 0.220. The number of carboxylic acid groups (broad SMARTS) is 1. The normalized spacial score (nSPS) is 19.9. The Balaban J connectivity index is 1.44. The Morgan fingerprint density at radius 3 is 2.39 bits per heavy atom. The van der Waals surface area contributed by atoms with Gasteiger partial charge < -0.3 is 10.0 Å². The molecule has 1 saturated carbocycles. The van der Waals surface area contributed by atoms with Crippen LogP contribution in [0.25, 0.3) is 5.57 Å². The summed E-state index contributed by atoms with van der Waals surface area (Å²) in [6.45, 7) is 2.82. The summed E-state index contributed by atoms with van der Waals surface area (Å²) in [7, 11) is 0. The maximum atomic E-state index is 12.4. The molecular weight excluding hydrogens is 449 g/mol. The Morgan fingerprint density at radius 1 is 0.944 bits per heavy atom. The number of allylic oxidation sites excluding steroid dienone is 1. The number of aryl methyl sites for hydroxylation is 1. The van der Waals surface area contributed by atoms with Crippen LogP contribution in [0.1, 0.15) is 90.4 Å². The van der Waals surface area contributed by atoms with Crippen molar-refractivity contribution in [2.75, 3.05) is 26.3 Å². The molecule has 1 saturated heterocycles. The van der Waals surface area contributed by atoms with Gasteiger partial charge in [0.15, 0.2) is 0 Å². The van der Waals surface area contributed by atoms with Crippen molar-refractivity contribution < 1.29 is 14.3 Å². The van der Waals surface area contributed by atoms with Crippen LogP contribution in [-0.4, -0.2) is 42.3 Å². The topological polar surface area (TPSA) is 40.5 Å². The third kappa shape index (κ3) is 5.75. The molecule has 0 atom stereocenters. The summed E-state index contributed by atoms with van der Waals surface area (Å²) < 4.78 is 12.4. The van der Waals surface area contributed by atoms with Crippen molar-refractivity contribution in [2.45, 2.75) is 70.6 Å². The van der Waals surface area contributed by atoms with Crippen LogP contribution in [0, 0.1) is 11.8 Å². The molecule has 0 aromatic heterocycles. The fraction of sp³-hybridized carbons (Fsp3) is 0.531. The molecule has 1 N–H and O–H groups in total. The largest absolute Gasteiger partial charge is 0.478 e. The van der Waals surface area contributed by atoms with Crippen LogP contribution in [0.4, 0.5) is 4.39 Å². The van der Waals surface area contributed by atoms with Crippen molar-refractivity contribution in [1.29, 1.82) is 0 Å². The second kappa shape index (κ2) is 11.7. The van der Waals surface area contributed by atoms with Crippen LogP contribution >= 0.6 is 0 Å². The van der Waals surface area contributed by atoms with Gasteiger partial charge in [-0.25, -0.2) is 4.79 Å². The highest BCUT2D eigenvalue weighted by molar-refractivity contribution is 5.90. The molecule has 1 heterocycles. The molecule has 1 aliphatic heterocycles. The second-order valence-electron chi connectivity index (χ2n) is 11.2. The van der Waals surface area contributed by atoms with E-state index in [4.69, 9.17) is 0 Å². The fourth-order valence-corrected chi connectivity index (χ4v) is 6.73. The number of hydrogen-bond acceptors (Lipinski definition) is 2. The van der Waals surface area contributed by atoms with Gasteiger partial charge in [0, 0.05) is 19.6 Å². The summed E-state index contributed by atoms with van der Waals surface area (Å²) in [4.78, 5) is 14.0. The highest BCUT2D eigenvalue weighted by Gasteiger charge is 2.27. The molecule has 5 rings (SSSR count). The molecule has 0 radical (unpaired) electrons. The highest BCUT2D eigenvalue weighted by Crippen LogP contribution is 2.42. The SMILES string of the molecule is O=C(O)c1ccc2c(c1)CCCC(C1CCCCCC1)=C2c1ccc(CC2CN(CCCF)C2)cc1. The van der Waals surface area contributed by atoms with Gasteiger partial charge in [-0.3, -0.25) is 4.39 Å². The van der Waals surface area contributed by atoms with Crippen LogP contribution in [-0.2, 0) is 12.8 Å². The van der Waals surface area contributed by atoms with Gasteiger partial charge in [-0.05, 0) is 96.7 Å². The van der Waals surface area contributed by atoms with E-state index in [1.807, 2.05) is 6.07 Å². The van der Waals surface area contributed by atoms with Gasteiger partial charge in [0.05, 0.1) is 12.2 Å².